The Morgan fingerprint density at radius 1 is 1.18 bits per heavy atom. The fourth-order valence-corrected chi connectivity index (χ4v) is 9.41. The first-order chi connectivity index (χ1) is 18.2. The molecule has 0 aromatic carbocycles. The maximum atomic E-state index is 13.4. The van der Waals surface area contributed by atoms with E-state index in [-0.39, 0.29) is 31.0 Å². The van der Waals surface area contributed by atoms with E-state index in [1.807, 2.05) is 13.0 Å². The van der Waals surface area contributed by atoms with Crippen molar-refractivity contribution in [3.05, 3.63) is 12.2 Å². The minimum atomic E-state index is -1.77. The van der Waals surface area contributed by atoms with Gasteiger partial charge in [-0.3, -0.25) is 4.79 Å². The molecule has 2 aliphatic heterocycles. The summed E-state index contributed by atoms with van der Waals surface area (Å²) in [6, 6.07) is 0. The van der Waals surface area contributed by atoms with Crippen molar-refractivity contribution >= 4 is 20.3 Å². The number of fused-ring (bicyclic) bond motifs is 2. The van der Waals surface area contributed by atoms with Gasteiger partial charge in [-0.2, -0.15) is 0 Å². The van der Waals surface area contributed by atoms with E-state index in [1.165, 1.54) is 14.0 Å². The van der Waals surface area contributed by atoms with Crippen LogP contribution in [0.15, 0.2) is 12.2 Å². The second kappa shape index (κ2) is 9.89. The molecular weight excluding hydrogens is 524 g/mol. The highest BCUT2D eigenvalue weighted by atomic mass is 28.4. The number of methoxy groups -OCH3 is 1. The molecule has 12 atom stereocenters. The first kappa shape index (κ1) is 29.2. The van der Waals surface area contributed by atoms with E-state index in [9.17, 15) is 19.8 Å². The van der Waals surface area contributed by atoms with Crippen LogP contribution in [0.5, 0.6) is 0 Å². The molecule has 2 bridgehead atoms. The van der Waals surface area contributed by atoms with Gasteiger partial charge in [-0.25, -0.2) is 4.79 Å². The number of allylic oxidation sites excluding steroid dienone is 1. The molecule has 5 aliphatic rings. The van der Waals surface area contributed by atoms with Crippen LogP contribution in [0, 0.1) is 34.5 Å². The predicted octanol–water partition coefficient (Wildman–Crippen LogP) is 2.03. The van der Waals surface area contributed by atoms with Gasteiger partial charge in [0.15, 0.2) is 26.3 Å². The summed E-state index contributed by atoms with van der Waals surface area (Å²) in [5.74, 6) is -2.00. The number of carbonyl (C=O) groups is 2. The number of ether oxygens (including phenoxy) is 5. The van der Waals surface area contributed by atoms with Crippen LogP contribution in [0.3, 0.4) is 0 Å². The lowest BCUT2D eigenvalue weighted by molar-refractivity contribution is -0.334. The Morgan fingerprint density at radius 3 is 2.54 bits per heavy atom. The molecule has 39 heavy (non-hydrogen) atoms. The third-order valence-corrected chi connectivity index (χ3v) is 11.2. The summed E-state index contributed by atoms with van der Waals surface area (Å²) < 4.78 is 36.5. The van der Waals surface area contributed by atoms with E-state index in [0.717, 1.165) is 0 Å². The van der Waals surface area contributed by atoms with Crippen molar-refractivity contribution in [3.63, 3.8) is 0 Å². The maximum absolute atomic E-state index is 13.4. The molecule has 0 aromatic rings. The summed E-state index contributed by atoms with van der Waals surface area (Å²) in [6.45, 7) is 12.5. The van der Waals surface area contributed by atoms with E-state index in [1.54, 1.807) is 6.08 Å². The molecule has 5 rings (SSSR count). The van der Waals surface area contributed by atoms with Crippen LogP contribution in [0.4, 0.5) is 0 Å². The van der Waals surface area contributed by atoms with E-state index < -0.39 is 73.3 Å². The van der Waals surface area contributed by atoms with Crippen molar-refractivity contribution < 1.29 is 47.9 Å². The van der Waals surface area contributed by atoms with Crippen LogP contribution in [0.25, 0.3) is 0 Å². The lowest BCUT2D eigenvalue weighted by atomic mass is 9.39. The molecule has 220 valence electrons. The molecule has 1 spiro atoms. The number of rotatable bonds is 7. The third kappa shape index (κ3) is 4.35. The van der Waals surface area contributed by atoms with Crippen molar-refractivity contribution in [2.75, 3.05) is 26.9 Å². The summed E-state index contributed by atoms with van der Waals surface area (Å²) >= 11 is 0. The fourth-order valence-electron chi connectivity index (χ4n) is 8.71. The molecule has 0 radical (unpaired) electrons. The summed E-state index contributed by atoms with van der Waals surface area (Å²) in [5.41, 5.74) is -2.61. The Balaban J connectivity index is 1.59. The van der Waals surface area contributed by atoms with Crippen LogP contribution in [-0.4, -0.2) is 93.7 Å². The van der Waals surface area contributed by atoms with Gasteiger partial charge in [0.25, 0.3) is 0 Å². The first-order valence-electron chi connectivity index (χ1n) is 14.1. The van der Waals surface area contributed by atoms with Crippen LogP contribution in [0.1, 0.15) is 33.6 Å². The van der Waals surface area contributed by atoms with Crippen LogP contribution >= 0.6 is 0 Å². The highest BCUT2D eigenvalue weighted by Gasteiger charge is 2.79. The molecule has 0 aromatic heterocycles. The van der Waals surface area contributed by atoms with Gasteiger partial charge >= 0.3 is 11.9 Å². The summed E-state index contributed by atoms with van der Waals surface area (Å²) in [7, 11) is -0.446. The summed E-state index contributed by atoms with van der Waals surface area (Å²) in [4.78, 5) is 25.9. The first-order valence-corrected chi connectivity index (χ1v) is 17.5. The Kier molecular flexibility index (Phi) is 7.39. The maximum Gasteiger partial charge on any atom is 0.342 e. The van der Waals surface area contributed by atoms with Gasteiger partial charge in [0, 0.05) is 12.3 Å². The number of hydrogen-bond acceptors (Lipinski definition) is 10. The Hall–Kier alpha value is -1.34. The van der Waals surface area contributed by atoms with Crippen LogP contribution in [-0.2, 0) is 37.7 Å². The standard InChI is InChI=1S/C28H44O10Si/c1-15-17-12-20-27-14-35-28(25(32)33-4,9-8-19(27)26(17,3)13-18(30)21(15)31)23(27)22(37-16(2)29)24(38-20)34-10-11-36-39(5,6)7/h8-9,15,17-24,30-31H,10-14H2,1-7H3/t15-,17-,18-,19+,20+,21+,22+,23+,24+,26-,27-,28+/m0/s1. The molecule has 0 unspecified atom stereocenters. The highest BCUT2D eigenvalue weighted by Crippen LogP contribution is 2.72. The van der Waals surface area contributed by atoms with Crippen LogP contribution < -0.4 is 0 Å². The fraction of sp³-hybridized carbons (Fsp3) is 0.857. The van der Waals surface area contributed by atoms with Gasteiger partial charge in [-0.1, -0.05) is 19.9 Å². The predicted molar refractivity (Wildman–Crippen MR) is 141 cm³/mol. The number of aliphatic hydroxyl groups is 2. The Labute approximate surface area is 231 Å². The van der Waals surface area contributed by atoms with Crippen molar-refractivity contribution in [1.29, 1.82) is 0 Å². The molecule has 2 N–H and O–H groups in total. The molecule has 4 fully saturated rings. The molecule has 2 saturated heterocycles. The van der Waals surface area contributed by atoms with Gasteiger partial charge in [-0.15, -0.1) is 0 Å². The minimum absolute atomic E-state index is 0.0363. The third-order valence-electron chi connectivity index (χ3n) is 10.2. The van der Waals surface area contributed by atoms with Gasteiger partial charge in [0.2, 0.25) is 0 Å². The average molecular weight is 569 g/mol. The van der Waals surface area contributed by atoms with E-state index in [4.69, 9.17) is 28.1 Å². The molecule has 0 amide bonds. The quantitative estimate of drug-likeness (QED) is 0.204. The van der Waals surface area contributed by atoms with Gasteiger partial charge in [0.1, 0.15) is 0 Å². The number of hydrogen-bond donors (Lipinski definition) is 2. The van der Waals surface area contributed by atoms with Crippen molar-refractivity contribution in [2.24, 2.45) is 34.5 Å². The van der Waals surface area contributed by atoms with Crippen molar-refractivity contribution in [1.82, 2.24) is 0 Å². The number of aliphatic hydroxyl groups excluding tert-OH is 2. The lowest BCUT2D eigenvalue weighted by Crippen LogP contribution is -2.73. The van der Waals surface area contributed by atoms with E-state index >= 15 is 0 Å². The summed E-state index contributed by atoms with van der Waals surface area (Å²) in [5, 5.41) is 21.7. The summed E-state index contributed by atoms with van der Waals surface area (Å²) in [6.07, 6.45) is 0.784. The second-order valence-corrected chi connectivity index (χ2v) is 17.9. The SMILES string of the molecule is COC(=O)[C@@]12C=C[C@@H]3[C@@]4(C)C[C@H](O)[C@H](O)[C@@H](C)[C@@H]4C[C@H]4O[C@@H](OCCO[Si](C)(C)C)[C@H](OC(C)=O)[C@@H]1[C@@]34CO2. The largest absolute Gasteiger partial charge is 0.467 e. The van der Waals surface area contributed by atoms with E-state index in [0.29, 0.717) is 19.4 Å². The topological polar surface area (TPSA) is 130 Å². The lowest BCUT2D eigenvalue weighted by Gasteiger charge is -2.67. The van der Waals surface area contributed by atoms with Gasteiger partial charge in [-0.05, 0) is 61.7 Å². The highest BCUT2D eigenvalue weighted by molar-refractivity contribution is 6.69. The molecule has 3 aliphatic carbocycles. The average Bonchev–Trinajstić information content (AvgIpc) is 3.09. The molecular formula is C28H44O10Si. The minimum Gasteiger partial charge on any atom is -0.467 e. The van der Waals surface area contributed by atoms with Crippen molar-refractivity contribution in [3.8, 4) is 0 Å². The molecule has 10 nitrogen and oxygen atoms in total. The number of esters is 2. The van der Waals surface area contributed by atoms with Crippen molar-refractivity contribution in [2.45, 2.75) is 89.6 Å². The van der Waals surface area contributed by atoms with Gasteiger partial charge in [0.05, 0.1) is 51.2 Å². The molecule has 2 heterocycles. The molecule has 2 saturated carbocycles. The van der Waals surface area contributed by atoms with Gasteiger partial charge < -0.3 is 38.3 Å². The zero-order chi connectivity index (χ0) is 28.5. The Morgan fingerprint density at radius 2 is 1.90 bits per heavy atom. The smallest absolute Gasteiger partial charge is 0.342 e. The molecule has 11 heteroatoms. The zero-order valence-electron chi connectivity index (χ0n) is 24.0. The monoisotopic (exact) mass is 568 g/mol. The number of carbonyl (C=O) groups excluding carboxylic acids is 2. The van der Waals surface area contributed by atoms with Crippen LogP contribution in [0.2, 0.25) is 19.6 Å². The normalized spacial score (nSPS) is 48.2. The second-order valence-electron chi connectivity index (χ2n) is 13.4. The van der Waals surface area contributed by atoms with E-state index in [2.05, 4.69) is 26.6 Å². The zero-order valence-corrected chi connectivity index (χ0v) is 25.0. The Bertz CT molecular complexity index is 1010.